The van der Waals surface area contributed by atoms with Gasteiger partial charge in [-0.15, -0.1) is 31.4 Å². The minimum absolute atomic E-state index is 0. The Morgan fingerprint density at radius 1 is 1.36 bits per heavy atom. The van der Waals surface area contributed by atoms with Gasteiger partial charge in [0.25, 0.3) is 0 Å². The van der Waals surface area contributed by atoms with Gasteiger partial charge in [0.15, 0.2) is 0 Å². The van der Waals surface area contributed by atoms with Crippen LogP contribution in [-0.2, 0) is 0 Å². The van der Waals surface area contributed by atoms with E-state index >= 15 is 0 Å². The van der Waals surface area contributed by atoms with E-state index < -0.39 is 0 Å². The molecule has 1 saturated heterocycles. The van der Waals surface area contributed by atoms with E-state index in [0.717, 1.165) is 49.1 Å². The van der Waals surface area contributed by atoms with E-state index in [-0.39, 0.29) is 36.6 Å². The summed E-state index contributed by atoms with van der Waals surface area (Å²) in [5.41, 5.74) is 0.890. The van der Waals surface area contributed by atoms with Crippen molar-refractivity contribution in [2.24, 2.45) is 0 Å². The van der Waals surface area contributed by atoms with Crippen LogP contribution in [0.15, 0.2) is 29.3 Å². The number of phenols is 1. The summed E-state index contributed by atoms with van der Waals surface area (Å²) in [6.07, 6.45) is 3.76. The Bertz CT molecular complexity index is 482. The summed E-state index contributed by atoms with van der Waals surface area (Å²) < 4.78 is 0.909. The van der Waals surface area contributed by atoms with Crippen LogP contribution in [0.4, 0.5) is 0 Å². The molecule has 0 unspecified atom stereocenters. The van der Waals surface area contributed by atoms with Gasteiger partial charge in [-0.3, -0.25) is 4.90 Å². The summed E-state index contributed by atoms with van der Waals surface area (Å²) in [6.45, 7) is 7.70. The second-order valence-electron chi connectivity index (χ2n) is 4.96. The molecular weight excluding hydrogens is 410 g/mol. The molecule has 0 aromatic heterocycles. The van der Waals surface area contributed by atoms with Crippen LogP contribution in [0.1, 0.15) is 24.4 Å². The smallest absolute Gasteiger partial charge is 0.140 e. The fourth-order valence-electron chi connectivity index (χ4n) is 2.65. The van der Waals surface area contributed by atoms with Crippen molar-refractivity contribution in [2.45, 2.75) is 18.9 Å². The highest BCUT2D eigenvalue weighted by Crippen LogP contribution is 2.41. The number of rotatable bonds is 5. The van der Waals surface area contributed by atoms with Crippen molar-refractivity contribution in [1.82, 2.24) is 10.2 Å². The van der Waals surface area contributed by atoms with Crippen molar-refractivity contribution in [3.63, 3.8) is 0 Å². The van der Waals surface area contributed by atoms with Gasteiger partial charge in [-0.2, -0.15) is 0 Å². The lowest BCUT2D eigenvalue weighted by atomic mass is 9.98. The molecular formula is C15H22BrCl3N2O. The predicted molar refractivity (Wildman–Crippen MR) is 102 cm³/mol. The summed E-state index contributed by atoms with van der Waals surface area (Å²) in [4.78, 5) is 2.40. The molecule has 1 aliphatic rings. The molecule has 0 bridgehead atoms. The van der Waals surface area contributed by atoms with Gasteiger partial charge >= 0.3 is 0 Å². The van der Waals surface area contributed by atoms with Crippen LogP contribution in [0.2, 0.25) is 5.02 Å². The zero-order valence-corrected chi connectivity index (χ0v) is 16.2. The number of nitrogens with zero attached hydrogens (tertiary/aromatic N) is 1. The Balaban J connectivity index is 0.00000220. The number of aromatic hydroxyl groups is 1. The Labute approximate surface area is 158 Å². The fraction of sp³-hybridized carbons (Fsp3) is 0.467. The van der Waals surface area contributed by atoms with Crippen molar-refractivity contribution in [3.05, 3.63) is 39.8 Å². The van der Waals surface area contributed by atoms with Crippen molar-refractivity contribution >= 4 is 52.3 Å². The number of benzene rings is 1. The molecule has 1 atom stereocenters. The van der Waals surface area contributed by atoms with Crippen LogP contribution in [0.25, 0.3) is 0 Å². The van der Waals surface area contributed by atoms with Crippen molar-refractivity contribution < 1.29 is 5.11 Å². The van der Waals surface area contributed by atoms with Crippen LogP contribution in [0.3, 0.4) is 0 Å². The number of hydrogen-bond donors (Lipinski definition) is 2. The maximum absolute atomic E-state index is 10.3. The average Bonchev–Trinajstić information content (AvgIpc) is 2.47. The number of allylic oxidation sites excluding steroid dienone is 1. The van der Waals surface area contributed by atoms with Gasteiger partial charge in [0, 0.05) is 42.3 Å². The highest BCUT2D eigenvalue weighted by atomic mass is 79.9. The van der Waals surface area contributed by atoms with Gasteiger partial charge in [-0.25, -0.2) is 0 Å². The summed E-state index contributed by atoms with van der Waals surface area (Å²) in [5, 5.41) is 14.1. The first-order chi connectivity index (χ1) is 9.65. The van der Waals surface area contributed by atoms with E-state index in [1.54, 1.807) is 6.07 Å². The molecule has 2 N–H and O–H groups in total. The molecule has 1 aromatic rings. The molecule has 1 aliphatic heterocycles. The molecule has 126 valence electrons. The summed E-state index contributed by atoms with van der Waals surface area (Å²) >= 11 is 9.63. The molecule has 22 heavy (non-hydrogen) atoms. The Morgan fingerprint density at radius 3 is 2.59 bits per heavy atom. The van der Waals surface area contributed by atoms with Crippen molar-refractivity contribution in [3.8, 4) is 5.75 Å². The van der Waals surface area contributed by atoms with Crippen LogP contribution < -0.4 is 5.32 Å². The molecule has 7 heteroatoms. The molecule has 0 radical (unpaired) electrons. The SMILES string of the molecule is C=CCC[C@H](c1c(Br)ccc(Cl)c1O)N1CCNCC1.Cl.Cl. The van der Waals surface area contributed by atoms with Gasteiger partial charge in [-0.1, -0.05) is 33.6 Å². The van der Waals surface area contributed by atoms with Crippen LogP contribution >= 0.6 is 52.3 Å². The van der Waals surface area contributed by atoms with Gasteiger partial charge in [-0.05, 0) is 25.0 Å². The molecule has 0 aliphatic carbocycles. The van der Waals surface area contributed by atoms with Crippen molar-refractivity contribution in [2.75, 3.05) is 26.2 Å². The first-order valence-electron chi connectivity index (χ1n) is 6.87. The Morgan fingerprint density at radius 2 is 2.00 bits per heavy atom. The second-order valence-corrected chi connectivity index (χ2v) is 6.22. The Kier molecular flexibility index (Phi) is 10.8. The van der Waals surface area contributed by atoms with Gasteiger partial charge < -0.3 is 10.4 Å². The van der Waals surface area contributed by atoms with Gasteiger partial charge in [0.2, 0.25) is 0 Å². The van der Waals surface area contributed by atoms with E-state index in [1.807, 2.05) is 12.1 Å². The minimum atomic E-state index is 0. The standard InChI is InChI=1S/C15H20BrClN2O.2ClH/c1-2-3-4-13(19-9-7-18-8-10-19)14-11(16)5-6-12(17)15(14)20;;/h2,5-6,13,18,20H,1,3-4,7-10H2;2*1H/t13-;;/m1../s1. The maximum Gasteiger partial charge on any atom is 0.140 e. The third kappa shape index (κ3) is 5.29. The monoisotopic (exact) mass is 430 g/mol. The highest BCUT2D eigenvalue weighted by Gasteiger charge is 2.26. The van der Waals surface area contributed by atoms with E-state index in [0.29, 0.717) is 5.02 Å². The van der Waals surface area contributed by atoms with Crippen LogP contribution in [0.5, 0.6) is 5.75 Å². The normalized spacial score (nSPS) is 16.3. The minimum Gasteiger partial charge on any atom is -0.506 e. The van der Waals surface area contributed by atoms with Gasteiger partial charge in [0.1, 0.15) is 5.75 Å². The number of nitrogens with one attached hydrogen (secondary N) is 1. The first-order valence-corrected chi connectivity index (χ1v) is 8.04. The number of phenolic OH excluding ortho intramolecular Hbond substituents is 1. The topological polar surface area (TPSA) is 35.5 Å². The molecule has 1 aromatic carbocycles. The van der Waals surface area contributed by atoms with E-state index in [9.17, 15) is 5.11 Å². The summed E-state index contributed by atoms with van der Waals surface area (Å²) in [7, 11) is 0. The van der Waals surface area contributed by atoms with Crippen molar-refractivity contribution in [1.29, 1.82) is 0 Å². The molecule has 0 spiro atoms. The number of piperazine rings is 1. The predicted octanol–water partition coefficient (Wildman–Crippen LogP) is 4.56. The average molecular weight is 433 g/mol. The zero-order valence-electron chi connectivity index (χ0n) is 12.2. The molecule has 2 rings (SSSR count). The third-order valence-corrected chi connectivity index (χ3v) is 4.68. The molecule has 3 nitrogen and oxygen atoms in total. The molecule has 1 fully saturated rings. The maximum atomic E-state index is 10.3. The zero-order chi connectivity index (χ0) is 14.5. The highest BCUT2D eigenvalue weighted by molar-refractivity contribution is 9.10. The second kappa shape index (κ2) is 10.7. The van der Waals surface area contributed by atoms with Crippen LogP contribution in [-0.4, -0.2) is 36.2 Å². The lowest BCUT2D eigenvalue weighted by Gasteiger charge is -2.36. The Hall–Kier alpha value is 0.0300. The lowest BCUT2D eigenvalue weighted by molar-refractivity contribution is 0.163. The summed E-state index contributed by atoms with van der Waals surface area (Å²) in [5.74, 6) is 0.189. The summed E-state index contributed by atoms with van der Waals surface area (Å²) in [6, 6.07) is 3.77. The molecule has 1 heterocycles. The van der Waals surface area contributed by atoms with Gasteiger partial charge in [0.05, 0.1) is 5.02 Å². The van der Waals surface area contributed by atoms with E-state index in [1.165, 1.54) is 0 Å². The quantitative estimate of drug-likeness (QED) is 0.670. The molecule has 0 saturated carbocycles. The largest absolute Gasteiger partial charge is 0.506 e. The molecule has 0 amide bonds. The van der Waals surface area contributed by atoms with E-state index in [4.69, 9.17) is 11.6 Å². The lowest BCUT2D eigenvalue weighted by Crippen LogP contribution is -2.45. The first kappa shape index (κ1) is 22.0. The number of halogens is 4. The fourth-order valence-corrected chi connectivity index (χ4v) is 3.40. The third-order valence-electron chi connectivity index (χ3n) is 3.68. The van der Waals surface area contributed by atoms with Crippen LogP contribution in [0, 0.1) is 0 Å². The van der Waals surface area contributed by atoms with E-state index in [2.05, 4.69) is 32.7 Å². The number of hydrogen-bond acceptors (Lipinski definition) is 3.